The SMILES string of the molecule is Cc1c(-c2cc3cc(NC(=O)OC4CC(CO)C4)ncc3c(C)c2F)cnc2c1N(C(=O)OC(C)(C)C)CCO2. The van der Waals surface area contributed by atoms with Crippen molar-refractivity contribution in [1.29, 1.82) is 0 Å². The molecule has 2 amide bonds. The monoisotopic (exact) mass is 552 g/mol. The number of aromatic nitrogens is 2. The number of anilines is 2. The average Bonchev–Trinajstić information content (AvgIpc) is 2.87. The van der Waals surface area contributed by atoms with E-state index in [-0.39, 0.29) is 49.0 Å². The topological polar surface area (TPSA) is 123 Å². The van der Waals surface area contributed by atoms with Gasteiger partial charge >= 0.3 is 12.2 Å². The number of amides is 2. The molecule has 1 aromatic carbocycles. The largest absolute Gasteiger partial charge is 0.474 e. The van der Waals surface area contributed by atoms with E-state index in [1.54, 1.807) is 46.8 Å². The molecule has 0 spiro atoms. The quantitative estimate of drug-likeness (QED) is 0.435. The fourth-order valence-corrected chi connectivity index (χ4v) is 5.02. The molecule has 0 bridgehead atoms. The summed E-state index contributed by atoms with van der Waals surface area (Å²) in [5.74, 6) is 0.264. The van der Waals surface area contributed by atoms with Gasteiger partial charge in [0.2, 0.25) is 5.88 Å². The Bertz CT molecular complexity index is 1480. The van der Waals surface area contributed by atoms with Crippen molar-refractivity contribution in [3.05, 3.63) is 41.5 Å². The molecule has 0 atom stereocenters. The maximum Gasteiger partial charge on any atom is 0.415 e. The highest BCUT2D eigenvalue weighted by molar-refractivity contribution is 5.96. The molecule has 11 heteroatoms. The molecule has 10 nitrogen and oxygen atoms in total. The Labute approximate surface area is 231 Å². The van der Waals surface area contributed by atoms with E-state index in [0.717, 1.165) is 0 Å². The lowest BCUT2D eigenvalue weighted by atomic mass is 9.83. The van der Waals surface area contributed by atoms with Gasteiger partial charge in [0.25, 0.3) is 0 Å². The predicted molar refractivity (Wildman–Crippen MR) is 147 cm³/mol. The summed E-state index contributed by atoms with van der Waals surface area (Å²) in [5, 5.41) is 13.0. The zero-order valence-corrected chi connectivity index (χ0v) is 23.2. The summed E-state index contributed by atoms with van der Waals surface area (Å²) in [6.07, 6.45) is 2.90. The highest BCUT2D eigenvalue weighted by atomic mass is 19.1. The third-order valence-corrected chi connectivity index (χ3v) is 7.16. The lowest BCUT2D eigenvalue weighted by Gasteiger charge is -2.33. The number of pyridine rings is 2. The van der Waals surface area contributed by atoms with Crippen LogP contribution in [0.2, 0.25) is 0 Å². The number of hydrogen-bond donors (Lipinski definition) is 2. The summed E-state index contributed by atoms with van der Waals surface area (Å²) < 4.78 is 32.4. The van der Waals surface area contributed by atoms with E-state index >= 15 is 4.39 Å². The Morgan fingerprint density at radius 2 is 1.90 bits per heavy atom. The van der Waals surface area contributed by atoms with E-state index < -0.39 is 23.6 Å². The molecular weight excluding hydrogens is 519 g/mol. The highest BCUT2D eigenvalue weighted by Crippen LogP contribution is 2.41. The number of benzene rings is 1. The summed E-state index contributed by atoms with van der Waals surface area (Å²) in [7, 11) is 0. The Kier molecular flexibility index (Phi) is 7.26. The van der Waals surface area contributed by atoms with Crippen molar-refractivity contribution >= 4 is 34.5 Å². The maximum atomic E-state index is 15.8. The van der Waals surface area contributed by atoms with Crippen molar-refractivity contribution in [3.8, 4) is 17.0 Å². The molecule has 0 unspecified atom stereocenters. The lowest BCUT2D eigenvalue weighted by Crippen LogP contribution is -2.42. The van der Waals surface area contributed by atoms with E-state index in [1.807, 2.05) is 0 Å². The Hall–Kier alpha value is -3.99. The van der Waals surface area contributed by atoms with Gasteiger partial charge in [-0.2, -0.15) is 0 Å². The second kappa shape index (κ2) is 10.5. The van der Waals surface area contributed by atoms with Crippen LogP contribution >= 0.6 is 0 Å². The number of nitrogens with zero attached hydrogens (tertiary/aromatic N) is 3. The van der Waals surface area contributed by atoms with E-state index in [2.05, 4.69) is 15.3 Å². The molecule has 2 N–H and O–H groups in total. The molecule has 3 heterocycles. The van der Waals surface area contributed by atoms with Crippen LogP contribution in [0.4, 0.5) is 25.5 Å². The third-order valence-electron chi connectivity index (χ3n) is 7.16. The summed E-state index contributed by atoms with van der Waals surface area (Å²) >= 11 is 0. The van der Waals surface area contributed by atoms with Gasteiger partial charge in [0.15, 0.2) is 0 Å². The number of carbonyl (C=O) groups is 2. The number of aliphatic hydroxyl groups excluding tert-OH is 1. The number of fused-ring (bicyclic) bond motifs is 2. The standard InChI is InChI=1S/C29H33FN4O6/c1-15-21-12-31-23(33-27(36)39-19-8-17(9-19)14-35)11-18(21)10-20(24(15)30)22-13-32-26-25(16(22)2)34(6-7-38-26)28(37)40-29(3,4)5/h10-13,17,19,35H,6-9,14H2,1-5H3,(H,31,33,36). The van der Waals surface area contributed by atoms with Crippen LogP contribution in [0.5, 0.6) is 5.88 Å². The molecule has 0 saturated heterocycles. The normalized spacial score (nSPS) is 18.4. The number of carbonyl (C=O) groups excluding carboxylic acids is 2. The van der Waals surface area contributed by atoms with Crippen molar-refractivity contribution in [2.24, 2.45) is 5.92 Å². The Balaban J connectivity index is 1.48. The molecule has 40 heavy (non-hydrogen) atoms. The van der Waals surface area contributed by atoms with E-state index in [9.17, 15) is 9.59 Å². The number of ether oxygens (including phenoxy) is 3. The van der Waals surface area contributed by atoms with Gasteiger partial charge in [-0.1, -0.05) is 0 Å². The number of nitrogens with one attached hydrogen (secondary N) is 1. The molecule has 2 aliphatic rings. The van der Waals surface area contributed by atoms with Crippen molar-refractivity contribution in [1.82, 2.24) is 9.97 Å². The van der Waals surface area contributed by atoms with Gasteiger partial charge in [0.05, 0.1) is 6.54 Å². The maximum absolute atomic E-state index is 15.8. The minimum atomic E-state index is -0.692. The number of halogens is 1. The van der Waals surface area contributed by atoms with Gasteiger partial charge in [-0.15, -0.1) is 0 Å². The van der Waals surface area contributed by atoms with Gasteiger partial charge in [-0.25, -0.2) is 23.9 Å². The minimum absolute atomic E-state index is 0.0806. The molecule has 2 aromatic heterocycles. The molecule has 1 aliphatic heterocycles. The first-order valence-corrected chi connectivity index (χ1v) is 13.3. The van der Waals surface area contributed by atoms with Crippen LogP contribution in [0.1, 0.15) is 44.7 Å². The molecule has 3 aromatic rings. The van der Waals surface area contributed by atoms with Crippen LogP contribution in [0.15, 0.2) is 24.5 Å². The number of aliphatic hydroxyl groups is 1. The highest BCUT2D eigenvalue weighted by Gasteiger charge is 2.33. The van der Waals surface area contributed by atoms with E-state index in [1.165, 1.54) is 17.3 Å². The van der Waals surface area contributed by atoms with Crippen LogP contribution in [0, 0.1) is 25.6 Å². The van der Waals surface area contributed by atoms with Gasteiger partial charge in [0.1, 0.15) is 35.6 Å². The van der Waals surface area contributed by atoms with Crippen molar-refractivity contribution in [3.63, 3.8) is 0 Å². The molecule has 1 fully saturated rings. The molecule has 5 rings (SSSR count). The second-order valence-corrected chi connectivity index (χ2v) is 11.3. The molecule has 212 valence electrons. The average molecular weight is 553 g/mol. The smallest absolute Gasteiger partial charge is 0.415 e. The van der Waals surface area contributed by atoms with Crippen molar-refractivity contribution in [2.75, 3.05) is 30.0 Å². The van der Waals surface area contributed by atoms with Crippen LogP contribution in [0.3, 0.4) is 0 Å². The first-order valence-electron chi connectivity index (χ1n) is 13.3. The molecular formula is C29H33FN4O6. The van der Waals surface area contributed by atoms with Gasteiger partial charge in [-0.05, 0) is 82.0 Å². The number of aryl methyl sites for hydroxylation is 1. The first-order chi connectivity index (χ1) is 18.9. The van der Waals surface area contributed by atoms with E-state index in [0.29, 0.717) is 46.0 Å². The van der Waals surface area contributed by atoms with Crippen LogP contribution < -0.4 is 15.0 Å². The van der Waals surface area contributed by atoms with Crippen LogP contribution in [-0.4, -0.2) is 58.7 Å². The second-order valence-electron chi connectivity index (χ2n) is 11.3. The zero-order chi connectivity index (χ0) is 28.8. The fourth-order valence-electron chi connectivity index (χ4n) is 5.02. The zero-order valence-electron chi connectivity index (χ0n) is 23.2. The van der Waals surface area contributed by atoms with Gasteiger partial charge < -0.3 is 19.3 Å². The summed E-state index contributed by atoms with van der Waals surface area (Å²) in [5.41, 5.74) is 1.53. The van der Waals surface area contributed by atoms with Crippen molar-refractivity contribution in [2.45, 2.75) is 59.2 Å². The Morgan fingerprint density at radius 1 is 1.15 bits per heavy atom. The van der Waals surface area contributed by atoms with Crippen molar-refractivity contribution < 1.29 is 33.3 Å². The van der Waals surface area contributed by atoms with E-state index in [4.69, 9.17) is 19.3 Å². The third kappa shape index (κ3) is 5.38. The molecule has 1 aliphatic carbocycles. The van der Waals surface area contributed by atoms with Crippen LogP contribution in [0.25, 0.3) is 21.9 Å². The summed E-state index contributed by atoms with van der Waals surface area (Å²) in [6, 6.07) is 3.33. The predicted octanol–water partition coefficient (Wildman–Crippen LogP) is 5.51. The Morgan fingerprint density at radius 3 is 2.60 bits per heavy atom. The number of rotatable bonds is 4. The minimum Gasteiger partial charge on any atom is -0.474 e. The van der Waals surface area contributed by atoms with Gasteiger partial charge in [-0.3, -0.25) is 10.2 Å². The molecule has 1 saturated carbocycles. The first kappa shape index (κ1) is 27.6. The van der Waals surface area contributed by atoms with Gasteiger partial charge in [0, 0.05) is 35.5 Å². The fraction of sp³-hybridized carbons (Fsp3) is 0.448. The summed E-state index contributed by atoms with van der Waals surface area (Å²) in [4.78, 5) is 35.5. The van der Waals surface area contributed by atoms with Crippen LogP contribution in [-0.2, 0) is 9.47 Å². The number of hydrogen-bond acceptors (Lipinski definition) is 8. The molecule has 0 radical (unpaired) electrons. The summed E-state index contributed by atoms with van der Waals surface area (Å²) in [6.45, 7) is 9.43. The lowest BCUT2D eigenvalue weighted by molar-refractivity contribution is 0.00335.